The minimum Gasteiger partial charge on any atom is -0.362 e. The van der Waals surface area contributed by atoms with Gasteiger partial charge in [0.1, 0.15) is 6.17 Å². The van der Waals surface area contributed by atoms with Gasteiger partial charge in [-0.1, -0.05) is 52.5 Å². The molecular formula is C16H16Cl3N3O3S. The fourth-order valence-electron chi connectivity index (χ4n) is 2.11. The molecule has 0 aliphatic heterocycles. The van der Waals surface area contributed by atoms with E-state index in [1.165, 1.54) is 24.3 Å². The molecule has 2 aromatic carbocycles. The van der Waals surface area contributed by atoms with E-state index >= 15 is 0 Å². The summed E-state index contributed by atoms with van der Waals surface area (Å²) in [6.07, 6.45) is -1.07. The predicted molar refractivity (Wildman–Crippen MR) is 104 cm³/mol. The number of hydrogen-bond donors (Lipinski definition) is 3. The molecule has 140 valence electrons. The topological polar surface area (TPSA) is 101 Å². The summed E-state index contributed by atoms with van der Waals surface area (Å²) in [5, 5.41) is 10.5. The fourth-order valence-corrected chi connectivity index (χ4v) is 2.95. The molecular weight excluding hydrogens is 421 g/mol. The van der Waals surface area contributed by atoms with E-state index in [4.69, 9.17) is 39.9 Å². The van der Waals surface area contributed by atoms with Gasteiger partial charge in [-0.05, 0) is 43.3 Å². The zero-order chi connectivity index (χ0) is 19.5. The largest absolute Gasteiger partial charge is 0.362 e. The van der Waals surface area contributed by atoms with Crippen LogP contribution in [0.2, 0.25) is 0 Å². The average molecular weight is 437 g/mol. The average Bonchev–Trinajstić information content (AvgIpc) is 2.53. The third-order valence-corrected chi connectivity index (χ3v) is 4.96. The number of benzene rings is 2. The summed E-state index contributed by atoms with van der Waals surface area (Å²) in [6, 6.07) is 12.4. The Morgan fingerprint density at radius 3 is 2.23 bits per heavy atom. The quantitative estimate of drug-likeness (QED) is 0.495. The van der Waals surface area contributed by atoms with Crippen molar-refractivity contribution in [1.82, 2.24) is 5.32 Å². The molecule has 2 rings (SSSR count). The van der Waals surface area contributed by atoms with Crippen molar-refractivity contribution in [3.05, 3.63) is 59.7 Å². The number of rotatable bonds is 5. The molecule has 1 amide bonds. The smallest absolute Gasteiger partial charge is 0.252 e. The Morgan fingerprint density at radius 2 is 1.73 bits per heavy atom. The number of carbonyl (C=O) groups excluding carboxylic acids is 1. The second kappa shape index (κ2) is 8.02. The van der Waals surface area contributed by atoms with E-state index in [1.807, 2.05) is 13.0 Å². The third-order valence-electron chi connectivity index (χ3n) is 3.38. The number of amides is 1. The van der Waals surface area contributed by atoms with Gasteiger partial charge in [-0.25, -0.2) is 13.6 Å². The highest BCUT2D eigenvalue weighted by Crippen LogP contribution is 2.31. The number of anilines is 1. The molecule has 4 N–H and O–H groups in total. The lowest BCUT2D eigenvalue weighted by atomic mass is 10.1. The second-order valence-corrected chi connectivity index (χ2v) is 9.46. The second-order valence-electron chi connectivity index (χ2n) is 5.53. The third kappa shape index (κ3) is 5.75. The molecule has 6 nitrogen and oxygen atoms in total. The summed E-state index contributed by atoms with van der Waals surface area (Å²) < 4.78 is 20.7. The molecule has 0 aromatic heterocycles. The van der Waals surface area contributed by atoms with E-state index in [2.05, 4.69) is 10.6 Å². The van der Waals surface area contributed by atoms with Crippen molar-refractivity contribution in [3.63, 3.8) is 0 Å². The normalized spacial score (nSPS) is 13.1. The van der Waals surface area contributed by atoms with E-state index in [1.54, 1.807) is 18.2 Å². The van der Waals surface area contributed by atoms with Crippen LogP contribution in [-0.4, -0.2) is 24.3 Å². The number of nitrogens with two attached hydrogens (primary N) is 1. The number of hydrogen-bond acceptors (Lipinski definition) is 4. The molecule has 0 unspecified atom stereocenters. The highest BCUT2D eigenvalue weighted by atomic mass is 35.6. The van der Waals surface area contributed by atoms with E-state index in [-0.39, 0.29) is 4.90 Å². The summed E-state index contributed by atoms with van der Waals surface area (Å²) in [5.74, 6) is -0.432. The van der Waals surface area contributed by atoms with Gasteiger partial charge in [0.2, 0.25) is 13.8 Å². The number of alkyl halides is 3. The maximum absolute atomic E-state index is 12.4. The Morgan fingerprint density at radius 1 is 1.12 bits per heavy atom. The number of primary sulfonamides is 1. The van der Waals surface area contributed by atoms with Crippen LogP contribution in [0.1, 0.15) is 15.9 Å². The molecule has 0 saturated heterocycles. The lowest BCUT2D eigenvalue weighted by Gasteiger charge is -2.27. The first-order valence-corrected chi connectivity index (χ1v) is 9.98. The Labute approximate surface area is 166 Å². The monoisotopic (exact) mass is 435 g/mol. The van der Waals surface area contributed by atoms with E-state index in [9.17, 15) is 13.2 Å². The number of halogens is 3. The van der Waals surface area contributed by atoms with Gasteiger partial charge in [-0.3, -0.25) is 4.79 Å². The highest BCUT2D eigenvalue weighted by molar-refractivity contribution is 7.89. The van der Waals surface area contributed by atoms with Crippen LogP contribution in [0.25, 0.3) is 0 Å². The maximum atomic E-state index is 12.4. The Kier molecular flexibility index (Phi) is 6.42. The van der Waals surface area contributed by atoms with Crippen LogP contribution < -0.4 is 15.8 Å². The molecule has 0 bridgehead atoms. The molecule has 0 aliphatic carbocycles. The fraction of sp³-hybridized carbons (Fsp3) is 0.188. The van der Waals surface area contributed by atoms with Gasteiger partial charge in [-0.15, -0.1) is 0 Å². The minimum absolute atomic E-state index is 0.0581. The maximum Gasteiger partial charge on any atom is 0.252 e. The van der Waals surface area contributed by atoms with Crippen molar-refractivity contribution in [2.45, 2.75) is 21.8 Å². The van der Waals surface area contributed by atoms with Crippen LogP contribution in [-0.2, 0) is 10.0 Å². The molecule has 10 heteroatoms. The first-order valence-electron chi connectivity index (χ1n) is 7.30. The van der Waals surface area contributed by atoms with E-state index in [0.29, 0.717) is 11.3 Å². The van der Waals surface area contributed by atoms with Gasteiger partial charge in [0.15, 0.2) is 0 Å². The van der Waals surface area contributed by atoms with Crippen LogP contribution in [0, 0.1) is 6.92 Å². The molecule has 0 radical (unpaired) electrons. The summed E-state index contributed by atoms with van der Waals surface area (Å²) in [7, 11) is -3.81. The first-order chi connectivity index (χ1) is 12.0. The van der Waals surface area contributed by atoms with Crippen molar-refractivity contribution in [2.24, 2.45) is 5.14 Å². The van der Waals surface area contributed by atoms with Gasteiger partial charge in [0.25, 0.3) is 5.91 Å². The highest BCUT2D eigenvalue weighted by Gasteiger charge is 2.34. The SMILES string of the molecule is Cc1cccc(C(=O)N[C@H](Nc2ccc(S(N)(=O)=O)cc2)C(Cl)(Cl)Cl)c1. The molecule has 0 aliphatic rings. The van der Waals surface area contributed by atoms with E-state index in [0.717, 1.165) is 5.56 Å². The van der Waals surface area contributed by atoms with Crippen molar-refractivity contribution in [3.8, 4) is 0 Å². The molecule has 0 saturated carbocycles. The van der Waals surface area contributed by atoms with E-state index < -0.39 is 25.9 Å². The number of nitrogens with one attached hydrogen (secondary N) is 2. The summed E-state index contributed by atoms with van der Waals surface area (Å²) >= 11 is 17.9. The van der Waals surface area contributed by atoms with Crippen LogP contribution in [0.4, 0.5) is 5.69 Å². The van der Waals surface area contributed by atoms with Crippen LogP contribution >= 0.6 is 34.8 Å². The molecule has 0 fully saturated rings. The van der Waals surface area contributed by atoms with Gasteiger partial charge in [0, 0.05) is 11.3 Å². The Balaban J connectivity index is 2.19. The van der Waals surface area contributed by atoms with Crippen molar-refractivity contribution < 1.29 is 13.2 Å². The molecule has 1 atom stereocenters. The summed E-state index contributed by atoms with van der Waals surface area (Å²) in [6.45, 7) is 1.86. The molecule has 0 spiro atoms. The standard InChI is InChI=1S/C16H16Cl3N3O3S/c1-10-3-2-4-11(9-10)14(23)22-15(16(17,18)19)21-12-5-7-13(8-6-12)26(20,24)25/h2-9,15,21H,1H3,(H,22,23)(H2,20,24,25)/t15-/m0/s1. The summed E-state index contributed by atoms with van der Waals surface area (Å²) in [5.41, 5.74) is 1.75. The van der Waals surface area contributed by atoms with Crippen LogP contribution in [0.5, 0.6) is 0 Å². The Hall–Kier alpha value is -1.51. The number of aryl methyl sites for hydroxylation is 1. The van der Waals surface area contributed by atoms with Crippen LogP contribution in [0.3, 0.4) is 0 Å². The number of sulfonamides is 1. The summed E-state index contributed by atoms with van der Waals surface area (Å²) in [4.78, 5) is 12.3. The zero-order valence-corrected chi connectivity index (χ0v) is 16.6. The molecule has 26 heavy (non-hydrogen) atoms. The van der Waals surface area contributed by atoms with Crippen molar-refractivity contribution >= 4 is 56.4 Å². The van der Waals surface area contributed by atoms with Crippen molar-refractivity contribution in [2.75, 3.05) is 5.32 Å². The first kappa shape index (κ1) is 20.8. The van der Waals surface area contributed by atoms with Gasteiger partial charge in [0.05, 0.1) is 4.90 Å². The number of carbonyl (C=O) groups is 1. The minimum atomic E-state index is -3.81. The lowest BCUT2D eigenvalue weighted by Crippen LogP contribution is -2.49. The molecule has 0 heterocycles. The lowest BCUT2D eigenvalue weighted by molar-refractivity contribution is 0.0941. The molecule has 2 aromatic rings. The Bertz CT molecular complexity index is 897. The predicted octanol–water partition coefficient (Wildman–Crippen LogP) is 3.18. The van der Waals surface area contributed by atoms with Gasteiger partial charge < -0.3 is 10.6 Å². The van der Waals surface area contributed by atoms with Gasteiger partial charge in [-0.2, -0.15) is 0 Å². The van der Waals surface area contributed by atoms with Gasteiger partial charge >= 0.3 is 0 Å². The van der Waals surface area contributed by atoms with Crippen LogP contribution in [0.15, 0.2) is 53.4 Å². The van der Waals surface area contributed by atoms with Crippen molar-refractivity contribution in [1.29, 1.82) is 0 Å². The zero-order valence-electron chi connectivity index (χ0n) is 13.5.